The zero-order valence-electron chi connectivity index (χ0n) is 13.5. The molecule has 6 heteroatoms. The van der Waals surface area contributed by atoms with E-state index in [0.717, 1.165) is 23.2 Å². The van der Waals surface area contributed by atoms with Gasteiger partial charge in [0.15, 0.2) is 0 Å². The smallest absolute Gasteiger partial charge is 0.233 e. The second kappa shape index (κ2) is 8.18. The number of rotatable bonds is 5. The van der Waals surface area contributed by atoms with E-state index in [4.69, 9.17) is 23.2 Å². The molecular weight excluding hydrogens is 347 g/mol. The third kappa shape index (κ3) is 4.73. The van der Waals surface area contributed by atoms with Crippen LogP contribution in [0.4, 0.5) is 11.4 Å². The molecule has 0 bridgehead atoms. The third-order valence-electron chi connectivity index (χ3n) is 3.53. The number of amides is 2. The van der Waals surface area contributed by atoms with Crippen LogP contribution in [0.3, 0.4) is 0 Å². The van der Waals surface area contributed by atoms with Gasteiger partial charge in [0, 0.05) is 10.7 Å². The Morgan fingerprint density at radius 1 is 1.04 bits per heavy atom. The van der Waals surface area contributed by atoms with Crippen LogP contribution >= 0.6 is 23.2 Å². The number of para-hydroxylation sites is 1. The zero-order valence-corrected chi connectivity index (χ0v) is 15.0. The Labute approximate surface area is 151 Å². The van der Waals surface area contributed by atoms with Gasteiger partial charge in [-0.3, -0.25) is 9.59 Å². The number of aryl methyl sites for hydroxylation is 2. The van der Waals surface area contributed by atoms with E-state index >= 15 is 0 Å². The molecule has 24 heavy (non-hydrogen) atoms. The molecule has 2 amide bonds. The van der Waals surface area contributed by atoms with Crippen molar-refractivity contribution in [2.24, 2.45) is 0 Å². The summed E-state index contributed by atoms with van der Waals surface area (Å²) in [5, 5.41) is 6.22. The van der Waals surface area contributed by atoms with Crippen molar-refractivity contribution in [1.82, 2.24) is 0 Å². The SMILES string of the molecule is CCc1cccc(C)c1NC(=O)CC(=O)Nc1ccc(Cl)cc1Cl. The Morgan fingerprint density at radius 2 is 1.75 bits per heavy atom. The average Bonchev–Trinajstić information content (AvgIpc) is 2.52. The first-order valence-corrected chi connectivity index (χ1v) is 8.29. The van der Waals surface area contributed by atoms with Crippen LogP contribution in [-0.2, 0) is 16.0 Å². The predicted molar refractivity (Wildman–Crippen MR) is 98.9 cm³/mol. The number of hydrogen-bond donors (Lipinski definition) is 2. The predicted octanol–water partition coefficient (Wildman–Crippen LogP) is 4.83. The van der Waals surface area contributed by atoms with Crippen LogP contribution in [0.1, 0.15) is 24.5 Å². The fourth-order valence-corrected chi connectivity index (χ4v) is 2.77. The molecular formula is C18H18Cl2N2O2. The summed E-state index contributed by atoms with van der Waals surface area (Å²) in [7, 11) is 0. The monoisotopic (exact) mass is 364 g/mol. The van der Waals surface area contributed by atoms with Gasteiger partial charge in [-0.25, -0.2) is 0 Å². The maximum absolute atomic E-state index is 12.1. The summed E-state index contributed by atoms with van der Waals surface area (Å²) in [5.41, 5.74) is 3.18. The lowest BCUT2D eigenvalue weighted by molar-refractivity contribution is -0.123. The van der Waals surface area contributed by atoms with Crippen molar-refractivity contribution >= 4 is 46.4 Å². The highest BCUT2D eigenvalue weighted by atomic mass is 35.5. The molecule has 2 rings (SSSR count). The molecule has 2 aromatic carbocycles. The molecule has 2 N–H and O–H groups in total. The fraction of sp³-hybridized carbons (Fsp3) is 0.222. The van der Waals surface area contributed by atoms with Gasteiger partial charge in [-0.05, 0) is 42.7 Å². The van der Waals surface area contributed by atoms with Crippen LogP contribution in [0.25, 0.3) is 0 Å². The first-order chi connectivity index (χ1) is 11.4. The molecule has 0 aliphatic heterocycles. The molecule has 0 atom stereocenters. The molecule has 2 aromatic rings. The quantitative estimate of drug-likeness (QED) is 0.746. The number of hydrogen-bond acceptors (Lipinski definition) is 2. The number of benzene rings is 2. The van der Waals surface area contributed by atoms with E-state index in [1.165, 1.54) is 6.07 Å². The largest absolute Gasteiger partial charge is 0.325 e. The molecule has 0 aliphatic rings. The molecule has 0 fully saturated rings. The van der Waals surface area contributed by atoms with Gasteiger partial charge in [0.25, 0.3) is 0 Å². The Bertz CT molecular complexity index is 776. The summed E-state index contributed by atoms with van der Waals surface area (Å²) in [4.78, 5) is 24.2. The van der Waals surface area contributed by atoms with E-state index in [1.54, 1.807) is 12.1 Å². The van der Waals surface area contributed by atoms with Gasteiger partial charge in [-0.15, -0.1) is 0 Å². The molecule has 126 valence electrons. The van der Waals surface area contributed by atoms with Gasteiger partial charge in [0.2, 0.25) is 11.8 Å². The molecule has 0 aromatic heterocycles. The van der Waals surface area contributed by atoms with Crippen molar-refractivity contribution in [3.05, 3.63) is 57.6 Å². The average molecular weight is 365 g/mol. The summed E-state index contributed by atoms with van der Waals surface area (Å²) in [6.45, 7) is 3.93. The van der Waals surface area contributed by atoms with Gasteiger partial charge in [0.1, 0.15) is 6.42 Å². The van der Waals surface area contributed by atoms with Crippen molar-refractivity contribution in [1.29, 1.82) is 0 Å². The molecule has 0 aliphatic carbocycles. The highest BCUT2D eigenvalue weighted by Gasteiger charge is 2.14. The van der Waals surface area contributed by atoms with Gasteiger partial charge < -0.3 is 10.6 Å². The van der Waals surface area contributed by atoms with Crippen LogP contribution in [0.2, 0.25) is 10.0 Å². The summed E-state index contributed by atoms with van der Waals surface area (Å²) >= 11 is 11.8. The molecule has 0 unspecified atom stereocenters. The van der Waals surface area contributed by atoms with Crippen molar-refractivity contribution in [3.8, 4) is 0 Å². The van der Waals surface area contributed by atoms with Crippen LogP contribution in [0, 0.1) is 6.92 Å². The topological polar surface area (TPSA) is 58.2 Å². The van der Waals surface area contributed by atoms with Gasteiger partial charge >= 0.3 is 0 Å². The zero-order chi connectivity index (χ0) is 17.7. The molecule has 4 nitrogen and oxygen atoms in total. The Balaban J connectivity index is 2.01. The third-order valence-corrected chi connectivity index (χ3v) is 4.08. The summed E-state index contributed by atoms with van der Waals surface area (Å²) < 4.78 is 0. The minimum Gasteiger partial charge on any atom is -0.325 e. The maximum atomic E-state index is 12.1. The van der Waals surface area contributed by atoms with Crippen LogP contribution in [0.5, 0.6) is 0 Å². The van der Waals surface area contributed by atoms with Gasteiger partial charge in [0.05, 0.1) is 10.7 Å². The summed E-state index contributed by atoms with van der Waals surface area (Å²) in [6, 6.07) is 10.6. The first kappa shape index (κ1) is 18.3. The van der Waals surface area contributed by atoms with E-state index in [9.17, 15) is 9.59 Å². The number of nitrogens with one attached hydrogen (secondary N) is 2. The minimum atomic E-state index is -0.441. The fourth-order valence-electron chi connectivity index (χ4n) is 2.32. The summed E-state index contributed by atoms with van der Waals surface area (Å²) in [5.74, 6) is -0.815. The number of carbonyl (C=O) groups is 2. The summed E-state index contributed by atoms with van der Waals surface area (Å²) in [6.07, 6.45) is 0.500. The number of carbonyl (C=O) groups excluding carboxylic acids is 2. The minimum absolute atomic E-state index is 0.295. The van der Waals surface area contributed by atoms with Crippen LogP contribution < -0.4 is 10.6 Å². The Morgan fingerprint density at radius 3 is 2.42 bits per heavy atom. The second-order valence-corrected chi connectivity index (χ2v) is 6.20. The highest BCUT2D eigenvalue weighted by molar-refractivity contribution is 6.36. The molecule has 0 radical (unpaired) electrons. The number of halogens is 2. The Hall–Kier alpha value is -2.04. The van der Waals surface area contributed by atoms with Crippen molar-refractivity contribution in [2.75, 3.05) is 10.6 Å². The first-order valence-electron chi connectivity index (χ1n) is 7.54. The van der Waals surface area contributed by atoms with Crippen molar-refractivity contribution in [3.63, 3.8) is 0 Å². The van der Waals surface area contributed by atoms with E-state index in [0.29, 0.717) is 15.7 Å². The lowest BCUT2D eigenvalue weighted by Gasteiger charge is -2.13. The molecule has 0 saturated heterocycles. The molecule has 0 saturated carbocycles. The Kier molecular flexibility index (Phi) is 6.23. The molecule has 0 spiro atoms. The van der Waals surface area contributed by atoms with Crippen molar-refractivity contribution < 1.29 is 9.59 Å². The van der Waals surface area contributed by atoms with E-state index < -0.39 is 5.91 Å². The van der Waals surface area contributed by atoms with E-state index in [2.05, 4.69) is 10.6 Å². The van der Waals surface area contributed by atoms with Crippen LogP contribution in [-0.4, -0.2) is 11.8 Å². The lowest BCUT2D eigenvalue weighted by Crippen LogP contribution is -2.22. The van der Waals surface area contributed by atoms with E-state index in [1.807, 2.05) is 32.0 Å². The maximum Gasteiger partial charge on any atom is 0.233 e. The van der Waals surface area contributed by atoms with E-state index in [-0.39, 0.29) is 12.3 Å². The molecule has 0 heterocycles. The van der Waals surface area contributed by atoms with Gasteiger partial charge in [-0.1, -0.05) is 48.3 Å². The lowest BCUT2D eigenvalue weighted by atomic mass is 10.1. The standard InChI is InChI=1S/C18H18Cl2N2O2/c1-3-12-6-4-5-11(2)18(12)22-17(24)10-16(23)21-15-8-7-13(19)9-14(15)20/h4-9H,3,10H2,1-2H3,(H,21,23)(H,22,24). The number of anilines is 2. The van der Waals surface area contributed by atoms with Crippen molar-refractivity contribution in [2.45, 2.75) is 26.7 Å². The van der Waals surface area contributed by atoms with Gasteiger partial charge in [-0.2, -0.15) is 0 Å². The second-order valence-electron chi connectivity index (χ2n) is 5.36. The van der Waals surface area contributed by atoms with Crippen LogP contribution in [0.15, 0.2) is 36.4 Å². The highest BCUT2D eigenvalue weighted by Crippen LogP contribution is 2.25. The normalized spacial score (nSPS) is 10.3.